The Morgan fingerprint density at radius 1 is 1.14 bits per heavy atom. The van der Waals surface area contributed by atoms with Gasteiger partial charge in [0.05, 0.1) is 5.56 Å². The van der Waals surface area contributed by atoms with Crippen LogP contribution in [0.4, 0.5) is 0 Å². The quantitative estimate of drug-likeness (QED) is 0.654. The van der Waals surface area contributed by atoms with Crippen LogP contribution in [-0.2, 0) is 17.1 Å². The molecule has 0 aliphatic heterocycles. The Balaban J connectivity index is 0. The van der Waals surface area contributed by atoms with Crippen molar-refractivity contribution in [3.63, 3.8) is 0 Å². The maximum absolute atomic E-state index is 10.2. The molecule has 0 bridgehead atoms. The van der Waals surface area contributed by atoms with Gasteiger partial charge in [-0.05, 0) is 12.1 Å². The molecule has 1 rings (SSSR count). The van der Waals surface area contributed by atoms with Crippen molar-refractivity contribution in [3.05, 3.63) is 35.9 Å². The molecule has 14 heavy (non-hydrogen) atoms. The van der Waals surface area contributed by atoms with E-state index in [2.05, 4.69) is 0 Å². The summed E-state index contributed by atoms with van der Waals surface area (Å²) in [6, 6.07) is 8.30. The molecular formula is C9H14CuN2O2. The fourth-order valence-corrected chi connectivity index (χ4v) is 0.581. The first-order chi connectivity index (χ1) is 6.22. The average molecular weight is 246 g/mol. The van der Waals surface area contributed by atoms with Crippen molar-refractivity contribution in [1.82, 2.24) is 0 Å². The molecule has 0 amide bonds. The van der Waals surface area contributed by atoms with Gasteiger partial charge in [0.1, 0.15) is 0 Å². The smallest absolute Gasteiger partial charge is 0.335 e. The summed E-state index contributed by atoms with van der Waals surface area (Å²) in [6.45, 7) is 1.19. The molecule has 0 atom stereocenters. The minimum absolute atomic E-state index is 0. The number of benzene rings is 1. The van der Waals surface area contributed by atoms with E-state index < -0.39 is 5.97 Å². The Labute approximate surface area is 93.8 Å². The number of carboxylic acid groups (broad SMARTS) is 1. The van der Waals surface area contributed by atoms with Gasteiger partial charge in [0.2, 0.25) is 0 Å². The molecule has 0 aliphatic rings. The Hall–Kier alpha value is -0.871. The molecule has 0 heterocycles. The maximum atomic E-state index is 10.2. The van der Waals surface area contributed by atoms with Crippen molar-refractivity contribution < 1.29 is 27.0 Å². The predicted molar refractivity (Wildman–Crippen MR) is 51.5 cm³/mol. The van der Waals surface area contributed by atoms with Crippen molar-refractivity contribution in [2.24, 2.45) is 11.5 Å². The Morgan fingerprint density at radius 2 is 1.57 bits per heavy atom. The predicted octanol–water partition coefficient (Wildman–Crippen LogP) is 0.286. The largest absolute Gasteiger partial charge is 0.478 e. The SMILES string of the molecule is NCCN.O=C(O)c1ccccc1.[Cu]. The van der Waals surface area contributed by atoms with E-state index in [1.807, 2.05) is 0 Å². The third-order valence-electron chi connectivity index (χ3n) is 1.19. The van der Waals surface area contributed by atoms with Crippen LogP contribution in [0.1, 0.15) is 10.4 Å². The van der Waals surface area contributed by atoms with Gasteiger partial charge in [0, 0.05) is 30.2 Å². The molecule has 0 aromatic heterocycles. The van der Waals surface area contributed by atoms with Crippen LogP contribution in [-0.4, -0.2) is 24.2 Å². The van der Waals surface area contributed by atoms with Crippen molar-refractivity contribution in [2.75, 3.05) is 13.1 Å². The summed E-state index contributed by atoms with van der Waals surface area (Å²) in [7, 11) is 0. The fraction of sp³-hybridized carbons (Fsp3) is 0.222. The van der Waals surface area contributed by atoms with Gasteiger partial charge in [-0.25, -0.2) is 4.79 Å². The van der Waals surface area contributed by atoms with Crippen LogP contribution in [0.15, 0.2) is 30.3 Å². The molecule has 0 spiro atoms. The number of hydrogen-bond donors (Lipinski definition) is 3. The molecule has 1 aromatic carbocycles. The molecule has 0 fully saturated rings. The van der Waals surface area contributed by atoms with Crippen LogP contribution in [0, 0.1) is 0 Å². The molecule has 0 unspecified atom stereocenters. The summed E-state index contributed by atoms with van der Waals surface area (Å²) < 4.78 is 0. The minimum atomic E-state index is -0.879. The molecular weight excluding hydrogens is 232 g/mol. The van der Waals surface area contributed by atoms with Crippen LogP contribution in [0.2, 0.25) is 0 Å². The molecule has 0 saturated carbocycles. The number of nitrogens with two attached hydrogens (primary N) is 2. The van der Waals surface area contributed by atoms with Crippen LogP contribution in [0.3, 0.4) is 0 Å². The van der Waals surface area contributed by atoms with Gasteiger partial charge in [-0.2, -0.15) is 0 Å². The van der Waals surface area contributed by atoms with Crippen LogP contribution in [0.25, 0.3) is 0 Å². The third-order valence-corrected chi connectivity index (χ3v) is 1.19. The summed E-state index contributed by atoms with van der Waals surface area (Å²) in [4.78, 5) is 10.2. The second kappa shape index (κ2) is 10.2. The zero-order valence-electron chi connectivity index (χ0n) is 7.61. The standard InChI is InChI=1S/C7H6O2.C2H8N2.Cu/c8-7(9)6-4-2-1-3-5-6;3-1-2-4;/h1-5H,(H,8,9);1-4H2;. The number of carboxylic acids is 1. The number of rotatable bonds is 2. The first kappa shape index (κ1) is 15.6. The van der Waals surface area contributed by atoms with E-state index in [1.165, 1.54) is 0 Å². The van der Waals surface area contributed by atoms with Crippen LogP contribution in [0.5, 0.6) is 0 Å². The zero-order chi connectivity index (χ0) is 10.1. The Morgan fingerprint density at radius 3 is 1.79 bits per heavy atom. The van der Waals surface area contributed by atoms with Crippen LogP contribution < -0.4 is 11.5 Å². The van der Waals surface area contributed by atoms with E-state index in [-0.39, 0.29) is 17.1 Å². The average Bonchev–Trinajstić information content (AvgIpc) is 2.19. The Bertz CT molecular complexity index is 240. The van der Waals surface area contributed by atoms with E-state index >= 15 is 0 Å². The molecule has 0 saturated heterocycles. The van der Waals surface area contributed by atoms with E-state index in [1.54, 1.807) is 30.3 Å². The van der Waals surface area contributed by atoms with Gasteiger partial charge in [0.25, 0.3) is 0 Å². The molecule has 0 aliphatic carbocycles. The number of aromatic carboxylic acids is 1. The molecule has 83 valence electrons. The first-order valence-electron chi connectivity index (χ1n) is 3.90. The van der Waals surface area contributed by atoms with Gasteiger partial charge in [0.15, 0.2) is 0 Å². The second-order valence-electron chi connectivity index (χ2n) is 2.25. The Kier molecular flexibility index (Phi) is 11.4. The summed E-state index contributed by atoms with van der Waals surface area (Å²) in [5.74, 6) is -0.879. The molecule has 1 aromatic rings. The zero-order valence-corrected chi connectivity index (χ0v) is 8.55. The summed E-state index contributed by atoms with van der Waals surface area (Å²) >= 11 is 0. The second-order valence-corrected chi connectivity index (χ2v) is 2.25. The number of carbonyl (C=O) groups is 1. The monoisotopic (exact) mass is 245 g/mol. The van der Waals surface area contributed by atoms with E-state index in [4.69, 9.17) is 16.6 Å². The normalized spacial score (nSPS) is 7.86. The maximum Gasteiger partial charge on any atom is 0.335 e. The van der Waals surface area contributed by atoms with Gasteiger partial charge in [-0.15, -0.1) is 0 Å². The van der Waals surface area contributed by atoms with Crippen molar-refractivity contribution in [2.45, 2.75) is 0 Å². The van der Waals surface area contributed by atoms with Crippen molar-refractivity contribution in [3.8, 4) is 0 Å². The van der Waals surface area contributed by atoms with Gasteiger partial charge >= 0.3 is 5.97 Å². The molecule has 5 heteroatoms. The van der Waals surface area contributed by atoms with Crippen LogP contribution >= 0.6 is 0 Å². The molecule has 1 radical (unpaired) electrons. The summed E-state index contributed by atoms with van der Waals surface area (Å²) in [6.07, 6.45) is 0. The van der Waals surface area contributed by atoms with Gasteiger partial charge in [-0.3, -0.25) is 0 Å². The van der Waals surface area contributed by atoms with Gasteiger partial charge < -0.3 is 16.6 Å². The summed E-state index contributed by atoms with van der Waals surface area (Å²) in [5.41, 5.74) is 10.1. The number of hydrogen-bond acceptors (Lipinski definition) is 3. The summed E-state index contributed by atoms with van der Waals surface area (Å²) in [5, 5.41) is 8.38. The van der Waals surface area contributed by atoms with Gasteiger partial charge in [-0.1, -0.05) is 18.2 Å². The van der Waals surface area contributed by atoms with Crippen molar-refractivity contribution in [1.29, 1.82) is 0 Å². The van der Waals surface area contributed by atoms with Crippen molar-refractivity contribution >= 4 is 5.97 Å². The molecule has 4 nitrogen and oxygen atoms in total. The third kappa shape index (κ3) is 7.76. The van der Waals surface area contributed by atoms with E-state index in [0.717, 1.165) is 0 Å². The van der Waals surface area contributed by atoms with E-state index in [0.29, 0.717) is 18.7 Å². The van der Waals surface area contributed by atoms with E-state index in [9.17, 15) is 4.79 Å². The minimum Gasteiger partial charge on any atom is -0.478 e. The molecule has 5 N–H and O–H groups in total. The first-order valence-corrected chi connectivity index (χ1v) is 3.90. The fourth-order valence-electron chi connectivity index (χ4n) is 0.581. The topological polar surface area (TPSA) is 89.3 Å².